The first-order valence-electron chi connectivity index (χ1n) is 17.8. The summed E-state index contributed by atoms with van der Waals surface area (Å²) in [6, 6.07) is 61.4. The molecule has 0 amide bonds. The lowest BCUT2D eigenvalue weighted by molar-refractivity contribution is 1.09. The van der Waals surface area contributed by atoms with Crippen molar-refractivity contribution in [1.82, 2.24) is 19.1 Å². The first kappa shape index (κ1) is 27.7. The Balaban J connectivity index is 1.10. The normalized spacial score (nSPS) is 12.2. The van der Waals surface area contributed by atoms with Crippen molar-refractivity contribution in [3.63, 3.8) is 0 Å². The van der Waals surface area contributed by atoms with E-state index in [2.05, 4.69) is 167 Å². The van der Waals surface area contributed by atoms with Crippen molar-refractivity contribution in [1.29, 1.82) is 0 Å². The Hall–Kier alpha value is -7.04. The number of hydrogen-bond donors (Lipinski definition) is 0. The van der Waals surface area contributed by atoms with E-state index in [-0.39, 0.29) is 0 Å². The van der Waals surface area contributed by atoms with Gasteiger partial charge in [-0.1, -0.05) is 115 Å². The van der Waals surface area contributed by atoms with Crippen LogP contribution in [0.4, 0.5) is 0 Å². The zero-order valence-corrected chi connectivity index (χ0v) is 28.0. The van der Waals surface area contributed by atoms with Crippen LogP contribution in [-0.4, -0.2) is 19.1 Å². The average Bonchev–Trinajstić information content (AvgIpc) is 3.68. The van der Waals surface area contributed by atoms with E-state index in [1.807, 2.05) is 12.1 Å². The predicted molar refractivity (Wildman–Crippen MR) is 216 cm³/mol. The largest absolute Gasteiger partial charge is 0.309 e. The van der Waals surface area contributed by atoms with Gasteiger partial charge in [0.1, 0.15) is 5.69 Å². The lowest BCUT2D eigenvalue weighted by atomic mass is 9.96. The summed E-state index contributed by atoms with van der Waals surface area (Å²) in [4.78, 5) is 10.6. The van der Waals surface area contributed by atoms with Crippen LogP contribution >= 0.6 is 0 Å². The van der Waals surface area contributed by atoms with Crippen LogP contribution < -0.4 is 0 Å². The quantitative estimate of drug-likeness (QED) is 0.185. The van der Waals surface area contributed by atoms with Gasteiger partial charge in [0.25, 0.3) is 0 Å². The summed E-state index contributed by atoms with van der Waals surface area (Å²) in [5, 5.41) is 7.39. The van der Waals surface area contributed by atoms with Gasteiger partial charge in [-0.25, -0.2) is 9.97 Å². The van der Waals surface area contributed by atoms with Crippen LogP contribution in [0.1, 0.15) is 0 Å². The van der Waals surface area contributed by atoms with Crippen molar-refractivity contribution < 1.29 is 0 Å². The standard InChI is InChI=1S/C48H28N4/c1-2-11-30-26-33(23-20-29(30)10-1)51-43-19-8-5-13-35(43)39-27-31(21-24-44(39)51)32-22-25-45-40(28-32)38-16-9-15-37-34-12-3-4-14-36(34)46-48(52(45)47(37)38)50-42-18-7-6-17-41(42)49-46/h1-28H. The number of benzene rings is 8. The van der Waals surface area contributed by atoms with Crippen LogP contribution in [0.2, 0.25) is 0 Å². The molecule has 52 heavy (non-hydrogen) atoms. The molecule has 3 aromatic heterocycles. The molecule has 0 radical (unpaired) electrons. The van der Waals surface area contributed by atoms with Crippen molar-refractivity contribution >= 4 is 65.4 Å². The Morgan fingerprint density at radius 1 is 0.365 bits per heavy atom. The Kier molecular flexibility index (Phi) is 5.47. The molecule has 4 nitrogen and oxygen atoms in total. The first-order chi connectivity index (χ1) is 25.8. The van der Waals surface area contributed by atoms with Crippen molar-refractivity contribution in [2.24, 2.45) is 0 Å². The van der Waals surface area contributed by atoms with Crippen molar-refractivity contribution in [3.05, 3.63) is 170 Å². The van der Waals surface area contributed by atoms with E-state index in [1.165, 1.54) is 76.8 Å². The molecule has 240 valence electrons. The van der Waals surface area contributed by atoms with E-state index in [4.69, 9.17) is 9.97 Å². The number of aromatic nitrogens is 4. The Labute approximate surface area is 298 Å². The van der Waals surface area contributed by atoms with Gasteiger partial charge < -0.3 is 4.57 Å². The highest BCUT2D eigenvalue weighted by molar-refractivity contribution is 6.17. The topological polar surface area (TPSA) is 35.6 Å². The number of hydrogen-bond acceptors (Lipinski definition) is 2. The fraction of sp³-hybridized carbons (Fsp3) is 0. The first-order valence-corrected chi connectivity index (χ1v) is 17.8. The van der Waals surface area contributed by atoms with Crippen molar-refractivity contribution in [2.75, 3.05) is 0 Å². The molecule has 0 saturated carbocycles. The molecule has 0 saturated heterocycles. The van der Waals surface area contributed by atoms with Gasteiger partial charge >= 0.3 is 0 Å². The lowest BCUT2D eigenvalue weighted by Crippen LogP contribution is -2.02. The Morgan fingerprint density at radius 2 is 0.981 bits per heavy atom. The van der Waals surface area contributed by atoms with Crippen LogP contribution in [-0.2, 0) is 0 Å². The van der Waals surface area contributed by atoms with Crippen LogP contribution in [0.15, 0.2) is 170 Å². The summed E-state index contributed by atoms with van der Waals surface area (Å²) in [5.74, 6) is 0.867. The fourth-order valence-corrected chi connectivity index (χ4v) is 8.68. The third kappa shape index (κ3) is 3.75. The molecule has 4 heterocycles. The summed E-state index contributed by atoms with van der Waals surface area (Å²) in [6.07, 6.45) is 0. The van der Waals surface area contributed by atoms with Gasteiger partial charge in [-0.15, -0.1) is 0 Å². The zero-order valence-electron chi connectivity index (χ0n) is 28.0. The van der Waals surface area contributed by atoms with Gasteiger partial charge in [0, 0.05) is 38.4 Å². The highest BCUT2D eigenvalue weighted by Gasteiger charge is 2.27. The van der Waals surface area contributed by atoms with Gasteiger partial charge in [0.2, 0.25) is 0 Å². The summed E-state index contributed by atoms with van der Waals surface area (Å²) < 4.78 is 4.75. The third-order valence-electron chi connectivity index (χ3n) is 11.0. The predicted octanol–water partition coefficient (Wildman–Crippen LogP) is 12.3. The van der Waals surface area contributed by atoms with Crippen molar-refractivity contribution in [3.8, 4) is 45.0 Å². The van der Waals surface area contributed by atoms with E-state index in [0.29, 0.717) is 0 Å². The summed E-state index contributed by atoms with van der Waals surface area (Å²) in [6.45, 7) is 0. The number of fused-ring (bicyclic) bond motifs is 13. The molecule has 1 aliphatic heterocycles. The van der Waals surface area contributed by atoms with Gasteiger partial charge in [-0.05, 0) is 82.1 Å². The minimum atomic E-state index is 0.867. The molecule has 0 aliphatic carbocycles. The second-order valence-electron chi connectivity index (χ2n) is 13.8. The molecule has 0 spiro atoms. The second-order valence-corrected chi connectivity index (χ2v) is 13.8. The minimum absolute atomic E-state index is 0.867. The van der Waals surface area contributed by atoms with E-state index in [1.54, 1.807) is 0 Å². The molecular weight excluding hydrogens is 633 g/mol. The molecule has 1 aliphatic rings. The minimum Gasteiger partial charge on any atom is -0.309 e. The van der Waals surface area contributed by atoms with Gasteiger partial charge in [-0.2, -0.15) is 0 Å². The highest BCUT2D eigenvalue weighted by Crippen LogP contribution is 2.46. The van der Waals surface area contributed by atoms with Gasteiger partial charge in [-0.3, -0.25) is 4.57 Å². The smallest absolute Gasteiger partial charge is 0.165 e. The maximum Gasteiger partial charge on any atom is 0.165 e. The van der Waals surface area contributed by atoms with E-state index in [0.717, 1.165) is 33.6 Å². The zero-order chi connectivity index (χ0) is 33.9. The average molecular weight is 661 g/mol. The maximum atomic E-state index is 5.31. The molecule has 11 aromatic rings. The number of nitrogens with zero attached hydrogens (tertiary/aromatic N) is 4. The van der Waals surface area contributed by atoms with Gasteiger partial charge in [0.05, 0.1) is 33.1 Å². The second kappa shape index (κ2) is 10.3. The molecule has 0 atom stereocenters. The molecule has 4 heteroatoms. The molecular formula is C48H28N4. The summed E-state index contributed by atoms with van der Waals surface area (Å²) >= 11 is 0. The lowest BCUT2D eigenvalue weighted by Gasteiger charge is -2.12. The molecule has 0 N–H and O–H groups in total. The number of rotatable bonds is 2. The van der Waals surface area contributed by atoms with E-state index in [9.17, 15) is 0 Å². The van der Waals surface area contributed by atoms with E-state index >= 15 is 0 Å². The monoisotopic (exact) mass is 660 g/mol. The summed E-state index contributed by atoms with van der Waals surface area (Å²) in [5.41, 5.74) is 14.4. The Bertz CT molecular complexity index is 3310. The van der Waals surface area contributed by atoms with Crippen LogP contribution in [0.3, 0.4) is 0 Å². The van der Waals surface area contributed by atoms with Gasteiger partial charge in [0.15, 0.2) is 5.82 Å². The molecule has 8 aromatic carbocycles. The third-order valence-corrected chi connectivity index (χ3v) is 11.0. The van der Waals surface area contributed by atoms with E-state index < -0.39 is 0 Å². The van der Waals surface area contributed by atoms with Crippen LogP contribution in [0.5, 0.6) is 0 Å². The highest BCUT2D eigenvalue weighted by atomic mass is 15.1. The maximum absolute atomic E-state index is 5.31. The fourth-order valence-electron chi connectivity index (χ4n) is 8.68. The SMILES string of the molecule is c1ccc2c(c1)-c1nc3ccccc3nc1-n1c3ccc(-c4ccc5c(c4)c4ccccc4n5-c4ccc5ccccc5c4)cc3c3cccc-2c31. The molecule has 0 unspecified atom stereocenters. The van der Waals surface area contributed by atoms with Crippen LogP contribution in [0.25, 0.3) is 110 Å². The van der Waals surface area contributed by atoms with Crippen LogP contribution in [0, 0.1) is 0 Å². The number of para-hydroxylation sites is 4. The molecule has 0 fully saturated rings. The molecule has 12 rings (SSSR count). The van der Waals surface area contributed by atoms with Crippen molar-refractivity contribution in [2.45, 2.75) is 0 Å². The Morgan fingerprint density at radius 3 is 1.83 bits per heavy atom. The molecule has 0 bridgehead atoms. The summed E-state index contributed by atoms with van der Waals surface area (Å²) in [7, 11) is 0.